The lowest BCUT2D eigenvalue weighted by atomic mass is 10.2. The van der Waals surface area contributed by atoms with Crippen LogP contribution in [0.4, 0.5) is 11.6 Å². The van der Waals surface area contributed by atoms with E-state index in [9.17, 15) is 0 Å². The summed E-state index contributed by atoms with van der Waals surface area (Å²) in [5.74, 6) is 3.31. The molecular formula is C18H18N8. The summed E-state index contributed by atoms with van der Waals surface area (Å²) in [5.41, 5.74) is 0.579. The summed E-state index contributed by atoms with van der Waals surface area (Å²) in [5, 5.41) is 13.1. The Hall–Kier alpha value is -3.47. The fourth-order valence-corrected chi connectivity index (χ4v) is 3.02. The molecule has 1 saturated heterocycles. The van der Waals surface area contributed by atoms with Crippen LogP contribution in [0.25, 0.3) is 5.82 Å². The van der Waals surface area contributed by atoms with E-state index in [4.69, 9.17) is 5.26 Å². The minimum absolute atomic E-state index is 0.579. The molecule has 130 valence electrons. The maximum Gasteiger partial charge on any atom is 0.159 e. The van der Waals surface area contributed by atoms with Gasteiger partial charge in [-0.15, -0.1) is 0 Å². The molecule has 0 spiro atoms. The highest BCUT2D eigenvalue weighted by Crippen LogP contribution is 2.19. The van der Waals surface area contributed by atoms with Gasteiger partial charge in [-0.25, -0.2) is 19.6 Å². The van der Waals surface area contributed by atoms with E-state index < -0.39 is 0 Å². The molecule has 0 atom stereocenters. The smallest absolute Gasteiger partial charge is 0.159 e. The highest BCUT2D eigenvalue weighted by molar-refractivity contribution is 5.48. The van der Waals surface area contributed by atoms with Gasteiger partial charge in [-0.1, -0.05) is 0 Å². The van der Waals surface area contributed by atoms with Crippen molar-refractivity contribution in [2.24, 2.45) is 0 Å². The Balaban J connectivity index is 1.48. The third kappa shape index (κ3) is 3.19. The molecule has 0 aromatic carbocycles. The highest BCUT2D eigenvalue weighted by Gasteiger charge is 2.20. The van der Waals surface area contributed by atoms with E-state index in [0.717, 1.165) is 49.5 Å². The topological polar surface area (TPSA) is 86.8 Å². The van der Waals surface area contributed by atoms with Gasteiger partial charge in [0.25, 0.3) is 0 Å². The fourth-order valence-electron chi connectivity index (χ4n) is 3.02. The SMILES string of the molecule is Cc1nc(N2CCN(c3ccc(C#N)cn3)CC2)cc(-n2cccn2)n1. The van der Waals surface area contributed by atoms with Crippen LogP contribution in [0.3, 0.4) is 0 Å². The molecule has 3 aromatic rings. The second-order valence-corrected chi connectivity index (χ2v) is 6.07. The van der Waals surface area contributed by atoms with Gasteiger partial charge in [-0.2, -0.15) is 10.4 Å². The van der Waals surface area contributed by atoms with Crippen molar-refractivity contribution in [2.75, 3.05) is 36.0 Å². The van der Waals surface area contributed by atoms with Crippen LogP contribution in [0.1, 0.15) is 11.4 Å². The van der Waals surface area contributed by atoms with Crippen molar-refractivity contribution >= 4 is 11.6 Å². The van der Waals surface area contributed by atoms with Crippen molar-refractivity contribution in [2.45, 2.75) is 6.92 Å². The molecule has 4 heterocycles. The number of pyridine rings is 1. The average Bonchev–Trinajstić information content (AvgIpc) is 3.23. The van der Waals surface area contributed by atoms with Crippen LogP contribution in [-0.2, 0) is 0 Å². The Bertz CT molecular complexity index is 919. The Labute approximate surface area is 151 Å². The predicted octanol–water partition coefficient (Wildman–Crippen LogP) is 1.56. The van der Waals surface area contributed by atoms with Gasteiger partial charge in [0, 0.05) is 50.8 Å². The standard InChI is InChI=1S/C18H18N8/c1-14-22-17(11-18(23-14)26-6-2-5-21-26)25-9-7-24(8-10-25)16-4-3-15(12-19)13-20-16/h2-6,11,13H,7-10H2,1H3. The lowest BCUT2D eigenvalue weighted by Gasteiger charge is -2.36. The molecule has 0 saturated carbocycles. The van der Waals surface area contributed by atoms with Crippen molar-refractivity contribution in [1.29, 1.82) is 5.26 Å². The molecule has 0 unspecified atom stereocenters. The number of hydrogen-bond donors (Lipinski definition) is 0. The van der Waals surface area contributed by atoms with Gasteiger partial charge in [0.05, 0.1) is 5.56 Å². The normalized spacial score (nSPS) is 14.3. The van der Waals surface area contributed by atoms with E-state index in [1.54, 1.807) is 23.1 Å². The molecule has 8 nitrogen and oxygen atoms in total. The van der Waals surface area contributed by atoms with E-state index >= 15 is 0 Å². The monoisotopic (exact) mass is 346 g/mol. The lowest BCUT2D eigenvalue weighted by Crippen LogP contribution is -2.47. The van der Waals surface area contributed by atoms with E-state index in [1.165, 1.54) is 0 Å². The second kappa shape index (κ2) is 6.80. The molecule has 1 aliphatic rings. The van der Waals surface area contributed by atoms with Gasteiger partial charge in [0.1, 0.15) is 23.5 Å². The first-order chi connectivity index (χ1) is 12.7. The van der Waals surface area contributed by atoms with Gasteiger partial charge in [0.2, 0.25) is 0 Å². The third-order valence-electron chi connectivity index (χ3n) is 4.35. The summed E-state index contributed by atoms with van der Waals surface area (Å²) in [6.07, 6.45) is 5.23. The number of hydrogen-bond acceptors (Lipinski definition) is 7. The number of piperazine rings is 1. The molecule has 1 fully saturated rings. The molecule has 26 heavy (non-hydrogen) atoms. The van der Waals surface area contributed by atoms with Crippen LogP contribution < -0.4 is 9.80 Å². The molecule has 4 rings (SSSR count). The van der Waals surface area contributed by atoms with Crippen molar-refractivity contribution in [1.82, 2.24) is 24.7 Å². The summed E-state index contributed by atoms with van der Waals surface area (Å²) in [6, 6.07) is 9.65. The molecule has 0 N–H and O–H groups in total. The molecule has 0 bridgehead atoms. The van der Waals surface area contributed by atoms with Crippen LogP contribution in [0, 0.1) is 18.3 Å². The first-order valence-corrected chi connectivity index (χ1v) is 8.45. The van der Waals surface area contributed by atoms with Crippen LogP contribution in [-0.4, -0.2) is 50.9 Å². The van der Waals surface area contributed by atoms with Crippen LogP contribution >= 0.6 is 0 Å². The van der Waals surface area contributed by atoms with Crippen molar-refractivity contribution in [3.05, 3.63) is 54.2 Å². The summed E-state index contributed by atoms with van der Waals surface area (Å²) in [7, 11) is 0. The molecule has 3 aromatic heterocycles. The Morgan fingerprint density at radius 1 is 1.00 bits per heavy atom. The van der Waals surface area contributed by atoms with E-state index in [1.807, 2.05) is 31.3 Å². The van der Waals surface area contributed by atoms with Crippen molar-refractivity contribution in [3.8, 4) is 11.9 Å². The number of nitriles is 1. The van der Waals surface area contributed by atoms with Crippen molar-refractivity contribution < 1.29 is 0 Å². The third-order valence-corrected chi connectivity index (χ3v) is 4.35. The van der Waals surface area contributed by atoms with Crippen LogP contribution in [0.2, 0.25) is 0 Å². The average molecular weight is 346 g/mol. The quantitative estimate of drug-likeness (QED) is 0.711. The Morgan fingerprint density at radius 2 is 1.73 bits per heavy atom. The van der Waals surface area contributed by atoms with Gasteiger partial charge < -0.3 is 9.80 Å². The summed E-state index contributed by atoms with van der Waals surface area (Å²) in [4.78, 5) is 17.9. The van der Waals surface area contributed by atoms with E-state index in [-0.39, 0.29) is 0 Å². The minimum Gasteiger partial charge on any atom is -0.353 e. The zero-order valence-electron chi connectivity index (χ0n) is 14.4. The highest BCUT2D eigenvalue weighted by atomic mass is 15.3. The fraction of sp³-hybridized carbons (Fsp3) is 0.278. The summed E-state index contributed by atoms with van der Waals surface area (Å²) in [6.45, 7) is 5.28. The number of aromatic nitrogens is 5. The van der Waals surface area contributed by atoms with E-state index in [2.05, 4.69) is 35.9 Å². The van der Waals surface area contributed by atoms with Crippen LogP contribution in [0.5, 0.6) is 0 Å². The minimum atomic E-state index is 0.579. The van der Waals surface area contributed by atoms with Gasteiger partial charge in [-0.3, -0.25) is 0 Å². The van der Waals surface area contributed by atoms with Gasteiger partial charge in [0.15, 0.2) is 5.82 Å². The molecular weight excluding hydrogens is 328 g/mol. The lowest BCUT2D eigenvalue weighted by molar-refractivity contribution is 0.639. The first kappa shape index (κ1) is 16.0. The van der Waals surface area contributed by atoms with Crippen molar-refractivity contribution in [3.63, 3.8) is 0 Å². The molecule has 0 radical (unpaired) electrons. The number of anilines is 2. The molecule has 8 heteroatoms. The molecule has 0 aliphatic carbocycles. The number of nitrogens with zero attached hydrogens (tertiary/aromatic N) is 8. The summed E-state index contributed by atoms with van der Waals surface area (Å²) < 4.78 is 1.75. The van der Waals surface area contributed by atoms with E-state index in [0.29, 0.717) is 5.56 Å². The largest absolute Gasteiger partial charge is 0.353 e. The summed E-state index contributed by atoms with van der Waals surface area (Å²) >= 11 is 0. The maximum absolute atomic E-state index is 8.88. The molecule has 1 aliphatic heterocycles. The second-order valence-electron chi connectivity index (χ2n) is 6.07. The first-order valence-electron chi connectivity index (χ1n) is 8.45. The van der Waals surface area contributed by atoms with Gasteiger partial charge >= 0.3 is 0 Å². The Kier molecular flexibility index (Phi) is 4.19. The number of rotatable bonds is 3. The zero-order chi connectivity index (χ0) is 17.9. The molecule has 0 amide bonds. The predicted molar refractivity (Wildman–Crippen MR) is 97.3 cm³/mol. The Morgan fingerprint density at radius 3 is 2.35 bits per heavy atom. The zero-order valence-corrected chi connectivity index (χ0v) is 14.4. The van der Waals surface area contributed by atoms with Gasteiger partial charge in [-0.05, 0) is 25.1 Å². The van der Waals surface area contributed by atoms with Crippen LogP contribution in [0.15, 0.2) is 42.9 Å². The number of aryl methyl sites for hydroxylation is 1. The maximum atomic E-state index is 8.88.